The summed E-state index contributed by atoms with van der Waals surface area (Å²) in [5, 5.41) is 3.40. The molecule has 1 aliphatic rings. The Morgan fingerprint density at radius 2 is 2.00 bits per heavy atom. The third kappa shape index (κ3) is 3.30. The summed E-state index contributed by atoms with van der Waals surface area (Å²) in [6.45, 7) is 1.79. The molecule has 2 atom stereocenters. The number of ether oxygens (including phenoxy) is 1. The lowest BCUT2D eigenvalue weighted by Gasteiger charge is -2.22. The maximum atomic E-state index is 14.5. The molecule has 5 nitrogen and oxygen atoms in total. The fourth-order valence-corrected chi connectivity index (χ4v) is 3.24. The Labute approximate surface area is 155 Å². The van der Waals surface area contributed by atoms with Gasteiger partial charge in [-0.1, -0.05) is 29.8 Å². The first kappa shape index (κ1) is 18.4. The van der Waals surface area contributed by atoms with E-state index in [4.69, 9.17) is 16.3 Å². The van der Waals surface area contributed by atoms with Crippen LogP contribution in [-0.4, -0.2) is 31.6 Å². The van der Waals surface area contributed by atoms with Gasteiger partial charge in [-0.25, -0.2) is 9.18 Å². The number of benzene rings is 2. The molecule has 7 heteroatoms. The molecular weight excluding hydrogens is 359 g/mol. The zero-order chi connectivity index (χ0) is 18.8. The van der Waals surface area contributed by atoms with Gasteiger partial charge >= 0.3 is 5.97 Å². The third-order valence-corrected chi connectivity index (χ3v) is 4.55. The monoisotopic (exact) mass is 376 g/mol. The molecule has 0 aliphatic carbocycles. The second-order valence-electron chi connectivity index (χ2n) is 5.91. The Hall–Kier alpha value is -2.44. The van der Waals surface area contributed by atoms with Gasteiger partial charge in [-0.3, -0.25) is 10.1 Å². The number of esters is 1. The van der Waals surface area contributed by atoms with E-state index in [1.807, 2.05) is 0 Å². The van der Waals surface area contributed by atoms with E-state index >= 15 is 0 Å². The van der Waals surface area contributed by atoms with Crippen molar-refractivity contribution in [3.63, 3.8) is 0 Å². The first-order valence-electron chi connectivity index (χ1n) is 8.18. The van der Waals surface area contributed by atoms with Crippen molar-refractivity contribution < 1.29 is 18.7 Å². The number of carbonyl (C=O) groups excluding carboxylic acids is 2. The van der Waals surface area contributed by atoms with Gasteiger partial charge in [0.2, 0.25) is 0 Å². The summed E-state index contributed by atoms with van der Waals surface area (Å²) in [5.74, 6) is -1.63. The minimum absolute atomic E-state index is 0.136. The quantitative estimate of drug-likeness (QED) is 0.660. The highest BCUT2D eigenvalue weighted by atomic mass is 35.5. The minimum Gasteiger partial charge on any atom is -0.464 e. The van der Waals surface area contributed by atoms with Gasteiger partial charge in [0.25, 0.3) is 5.91 Å². The summed E-state index contributed by atoms with van der Waals surface area (Å²) in [5.41, 5.74) is 1.46. The Morgan fingerprint density at radius 1 is 1.27 bits per heavy atom. The van der Waals surface area contributed by atoms with Crippen LogP contribution in [0.4, 0.5) is 10.1 Å². The normalized spacial score (nSPS) is 19.7. The average molecular weight is 377 g/mol. The maximum Gasteiger partial charge on any atom is 0.333 e. The lowest BCUT2D eigenvalue weighted by molar-refractivity contribution is -0.148. The summed E-state index contributed by atoms with van der Waals surface area (Å²) in [6, 6.07) is 9.20. The number of anilines is 1. The average Bonchev–Trinajstić information content (AvgIpc) is 2.72. The number of carbonyl (C=O) groups is 2. The van der Waals surface area contributed by atoms with Crippen LogP contribution in [0.25, 0.3) is 0 Å². The second-order valence-corrected chi connectivity index (χ2v) is 6.34. The Kier molecular flexibility index (Phi) is 5.25. The van der Waals surface area contributed by atoms with Crippen LogP contribution < -0.4 is 10.2 Å². The highest BCUT2D eigenvalue weighted by Crippen LogP contribution is 2.36. The van der Waals surface area contributed by atoms with Crippen LogP contribution in [0.3, 0.4) is 0 Å². The Bertz CT molecular complexity index is 858. The van der Waals surface area contributed by atoms with E-state index in [0.29, 0.717) is 21.8 Å². The van der Waals surface area contributed by atoms with Gasteiger partial charge in [0.15, 0.2) is 6.04 Å². The van der Waals surface area contributed by atoms with E-state index in [2.05, 4.69) is 5.32 Å². The van der Waals surface area contributed by atoms with E-state index in [0.717, 1.165) is 0 Å². The summed E-state index contributed by atoms with van der Waals surface area (Å²) < 4.78 is 19.5. The van der Waals surface area contributed by atoms with Gasteiger partial charge < -0.3 is 9.64 Å². The van der Waals surface area contributed by atoms with Gasteiger partial charge in [0.05, 0.1) is 12.6 Å². The number of amides is 1. The molecule has 2 aromatic rings. The summed E-state index contributed by atoms with van der Waals surface area (Å²) in [6.07, 6.45) is 0. The lowest BCUT2D eigenvalue weighted by Crippen LogP contribution is -2.49. The number of nitrogens with zero attached hydrogens (tertiary/aromatic N) is 1. The Balaban J connectivity index is 2.18. The molecule has 0 bridgehead atoms. The standard InChI is InChI=1S/C19H18ClFN2O3/c1-3-26-19(25)17-18(24)23(2)15-9-8-11(20)10-13(15)16(22-17)12-6-4-5-7-14(12)21/h4-10,16-17,22H,3H2,1-2H3. The van der Waals surface area contributed by atoms with Crippen LogP contribution in [0, 0.1) is 5.82 Å². The molecule has 0 saturated carbocycles. The molecule has 2 aromatic carbocycles. The van der Waals surface area contributed by atoms with E-state index in [1.54, 1.807) is 50.4 Å². The molecule has 1 aliphatic heterocycles. The fraction of sp³-hybridized carbons (Fsp3) is 0.263. The van der Waals surface area contributed by atoms with Crippen LogP contribution in [0.15, 0.2) is 42.5 Å². The van der Waals surface area contributed by atoms with Crippen LogP contribution in [0.2, 0.25) is 5.02 Å². The summed E-state index contributed by atoms with van der Waals surface area (Å²) in [4.78, 5) is 26.5. The number of likely N-dealkylation sites (N-methyl/N-ethyl adjacent to an activating group) is 1. The van der Waals surface area contributed by atoms with Crippen molar-refractivity contribution in [3.8, 4) is 0 Å². The molecule has 3 rings (SSSR count). The highest BCUT2D eigenvalue weighted by Gasteiger charge is 2.39. The molecule has 0 fully saturated rings. The molecule has 26 heavy (non-hydrogen) atoms. The van der Waals surface area contributed by atoms with E-state index < -0.39 is 29.8 Å². The molecule has 2 unspecified atom stereocenters. The summed E-state index contributed by atoms with van der Waals surface area (Å²) in [7, 11) is 1.56. The van der Waals surface area contributed by atoms with Gasteiger partial charge in [0, 0.05) is 23.3 Å². The van der Waals surface area contributed by atoms with E-state index in [9.17, 15) is 14.0 Å². The number of halogens is 2. The highest BCUT2D eigenvalue weighted by molar-refractivity contribution is 6.30. The van der Waals surface area contributed by atoms with Crippen molar-refractivity contribution in [1.82, 2.24) is 5.32 Å². The third-order valence-electron chi connectivity index (χ3n) is 4.31. The number of nitrogens with one attached hydrogen (secondary N) is 1. The fourth-order valence-electron chi connectivity index (χ4n) is 3.06. The number of hydrogen-bond acceptors (Lipinski definition) is 4. The number of rotatable bonds is 3. The van der Waals surface area contributed by atoms with Gasteiger partial charge in [-0.2, -0.15) is 0 Å². The molecular formula is C19H18ClFN2O3. The molecule has 1 N–H and O–H groups in total. The van der Waals surface area contributed by atoms with E-state index in [-0.39, 0.29) is 6.61 Å². The Morgan fingerprint density at radius 3 is 2.69 bits per heavy atom. The largest absolute Gasteiger partial charge is 0.464 e. The van der Waals surface area contributed by atoms with Crippen LogP contribution in [0.1, 0.15) is 24.1 Å². The predicted octanol–water partition coefficient (Wildman–Crippen LogP) is 3.07. The van der Waals surface area contributed by atoms with Crippen LogP contribution in [-0.2, 0) is 14.3 Å². The molecule has 0 radical (unpaired) electrons. The van der Waals surface area contributed by atoms with Crippen LogP contribution >= 0.6 is 11.6 Å². The van der Waals surface area contributed by atoms with Crippen molar-refractivity contribution in [2.45, 2.75) is 19.0 Å². The smallest absolute Gasteiger partial charge is 0.333 e. The topological polar surface area (TPSA) is 58.6 Å². The first-order chi connectivity index (χ1) is 12.4. The summed E-state index contributed by atoms with van der Waals surface area (Å²) >= 11 is 6.14. The van der Waals surface area contributed by atoms with Crippen molar-refractivity contribution in [1.29, 1.82) is 0 Å². The zero-order valence-corrected chi connectivity index (χ0v) is 15.1. The number of hydrogen-bond donors (Lipinski definition) is 1. The predicted molar refractivity (Wildman–Crippen MR) is 96.7 cm³/mol. The lowest BCUT2D eigenvalue weighted by atomic mass is 9.96. The molecule has 1 amide bonds. The molecule has 0 aromatic heterocycles. The van der Waals surface area contributed by atoms with Gasteiger partial charge in [-0.15, -0.1) is 0 Å². The minimum atomic E-state index is -1.25. The van der Waals surface area contributed by atoms with E-state index in [1.165, 1.54) is 11.0 Å². The second kappa shape index (κ2) is 7.43. The van der Waals surface area contributed by atoms with Gasteiger partial charge in [-0.05, 0) is 36.8 Å². The number of fused-ring (bicyclic) bond motifs is 1. The van der Waals surface area contributed by atoms with Crippen molar-refractivity contribution in [2.24, 2.45) is 0 Å². The zero-order valence-electron chi connectivity index (χ0n) is 14.3. The maximum absolute atomic E-state index is 14.5. The molecule has 0 saturated heterocycles. The van der Waals surface area contributed by atoms with Crippen molar-refractivity contribution in [3.05, 3.63) is 64.4 Å². The van der Waals surface area contributed by atoms with Crippen molar-refractivity contribution >= 4 is 29.2 Å². The molecule has 0 spiro atoms. The van der Waals surface area contributed by atoms with Crippen molar-refractivity contribution in [2.75, 3.05) is 18.6 Å². The van der Waals surface area contributed by atoms with Gasteiger partial charge in [0.1, 0.15) is 5.82 Å². The molecule has 1 heterocycles. The molecule has 136 valence electrons. The SMILES string of the molecule is CCOC(=O)C1NC(c2ccccc2F)c2cc(Cl)ccc2N(C)C1=O. The van der Waals surface area contributed by atoms with Crippen LogP contribution in [0.5, 0.6) is 0 Å². The first-order valence-corrected chi connectivity index (χ1v) is 8.56.